The predicted octanol–water partition coefficient (Wildman–Crippen LogP) is -2.55. The van der Waals surface area contributed by atoms with E-state index >= 15 is 0 Å². The molecule has 0 saturated carbocycles. The average Bonchev–Trinajstić information content (AvgIpc) is 2.93. The lowest BCUT2D eigenvalue weighted by Crippen LogP contribution is -2.33. The molecule has 2 rings (SSSR count). The number of aliphatic carboxylic acids is 1. The van der Waals surface area contributed by atoms with Gasteiger partial charge in [-0.2, -0.15) is 0 Å². The minimum atomic E-state index is -1.38. The number of aliphatic hydroxyl groups excluding tert-OH is 4. The fourth-order valence-electron chi connectivity index (χ4n) is 1.42. The van der Waals surface area contributed by atoms with Crippen molar-refractivity contribution in [3.8, 4) is 0 Å². The Bertz CT molecular complexity index is 383. The van der Waals surface area contributed by atoms with E-state index in [-0.39, 0.29) is 6.42 Å². The Morgan fingerprint density at radius 2 is 2.05 bits per heavy atom. The maximum atomic E-state index is 10.0. The van der Waals surface area contributed by atoms with Gasteiger partial charge in [-0.1, -0.05) is 0 Å². The van der Waals surface area contributed by atoms with Crippen molar-refractivity contribution in [1.29, 1.82) is 0 Å². The van der Waals surface area contributed by atoms with Crippen LogP contribution in [0, 0.1) is 0 Å². The summed E-state index contributed by atoms with van der Waals surface area (Å²) in [6, 6.07) is 0. The molecule has 4 atom stereocenters. The molecule has 0 aliphatic carbocycles. The van der Waals surface area contributed by atoms with E-state index in [1.54, 1.807) is 6.20 Å². The zero-order valence-corrected chi connectivity index (χ0v) is 9.88. The van der Waals surface area contributed by atoms with Crippen LogP contribution in [0.15, 0.2) is 12.4 Å². The van der Waals surface area contributed by atoms with E-state index in [0.29, 0.717) is 5.82 Å². The van der Waals surface area contributed by atoms with Crippen molar-refractivity contribution < 1.29 is 35.1 Å². The zero-order chi connectivity index (χ0) is 14.4. The van der Waals surface area contributed by atoms with Gasteiger partial charge in [-0.3, -0.25) is 4.79 Å². The first-order valence-corrected chi connectivity index (χ1v) is 5.46. The Morgan fingerprint density at radius 3 is 2.37 bits per heavy atom. The molecule has 0 spiro atoms. The quantitative estimate of drug-likeness (QED) is 0.352. The van der Waals surface area contributed by atoms with Crippen LogP contribution < -0.4 is 0 Å². The number of aliphatic hydroxyl groups is 4. The van der Waals surface area contributed by atoms with Crippen LogP contribution in [0.5, 0.6) is 0 Å². The van der Waals surface area contributed by atoms with Crippen molar-refractivity contribution in [2.24, 2.45) is 0 Å². The van der Waals surface area contributed by atoms with Crippen molar-refractivity contribution in [1.82, 2.24) is 9.97 Å². The summed E-state index contributed by atoms with van der Waals surface area (Å²) in [4.78, 5) is 16.4. The number of hydrogen-bond donors (Lipinski definition) is 6. The van der Waals surface area contributed by atoms with Gasteiger partial charge in [0.05, 0.1) is 6.61 Å². The van der Waals surface area contributed by atoms with Crippen LogP contribution in [-0.4, -0.2) is 72.7 Å². The number of H-pyrrole nitrogens is 1. The number of nitrogens with zero attached hydrogens (tertiary/aromatic N) is 1. The SMILES string of the molecule is O=C(O)Cc1ncc[nH]1.OC[C@H]1OC(O)[C@H](O)[C@@H]1O. The second-order valence-corrected chi connectivity index (χ2v) is 3.84. The number of hydrogen-bond acceptors (Lipinski definition) is 7. The molecule has 1 fully saturated rings. The van der Waals surface area contributed by atoms with Gasteiger partial charge in [0.1, 0.15) is 30.6 Å². The van der Waals surface area contributed by atoms with Crippen molar-refractivity contribution in [2.75, 3.05) is 6.61 Å². The molecule has 9 nitrogen and oxygen atoms in total. The van der Waals surface area contributed by atoms with Gasteiger partial charge >= 0.3 is 5.97 Å². The lowest BCUT2D eigenvalue weighted by atomic mass is 10.1. The van der Waals surface area contributed by atoms with Crippen molar-refractivity contribution in [3.05, 3.63) is 18.2 Å². The van der Waals surface area contributed by atoms with Crippen molar-refractivity contribution in [3.63, 3.8) is 0 Å². The van der Waals surface area contributed by atoms with Crippen LogP contribution in [0.25, 0.3) is 0 Å². The van der Waals surface area contributed by atoms with E-state index in [1.807, 2.05) is 0 Å². The number of carbonyl (C=O) groups is 1. The third-order valence-electron chi connectivity index (χ3n) is 2.39. The lowest BCUT2D eigenvalue weighted by molar-refractivity contribution is -0.136. The monoisotopic (exact) mass is 276 g/mol. The van der Waals surface area contributed by atoms with Crippen molar-refractivity contribution in [2.45, 2.75) is 31.0 Å². The minimum absolute atomic E-state index is 0.0347. The standard InChI is InChI=1S/C5H6N2O2.C5H10O5/c8-5(9)3-4-6-1-2-7-4;6-1-2-3(7)4(8)5(9)10-2/h1-2H,3H2,(H,6,7)(H,8,9);2-9H,1H2/t;2-,3-,4-,5?/m.1/s1. The van der Waals surface area contributed by atoms with Gasteiger partial charge in [-0.05, 0) is 0 Å². The van der Waals surface area contributed by atoms with Gasteiger partial charge in [0.25, 0.3) is 0 Å². The first-order chi connectivity index (χ1) is 8.95. The fraction of sp³-hybridized carbons (Fsp3) is 0.600. The third-order valence-corrected chi connectivity index (χ3v) is 2.39. The van der Waals surface area contributed by atoms with Crippen LogP contribution >= 0.6 is 0 Å². The molecule has 0 bridgehead atoms. The fourth-order valence-corrected chi connectivity index (χ4v) is 1.42. The molecule has 1 aliphatic rings. The maximum Gasteiger partial charge on any atom is 0.311 e. The molecule has 0 radical (unpaired) electrons. The minimum Gasteiger partial charge on any atom is -0.481 e. The molecule has 1 aromatic rings. The van der Waals surface area contributed by atoms with E-state index in [0.717, 1.165) is 0 Å². The van der Waals surface area contributed by atoms with E-state index in [4.69, 9.17) is 25.5 Å². The highest BCUT2D eigenvalue weighted by Crippen LogP contribution is 2.18. The summed E-state index contributed by atoms with van der Waals surface area (Å²) in [6.07, 6.45) is -1.67. The summed E-state index contributed by atoms with van der Waals surface area (Å²) in [7, 11) is 0. The molecule has 1 aromatic heterocycles. The van der Waals surface area contributed by atoms with Crippen LogP contribution in [0.3, 0.4) is 0 Å². The van der Waals surface area contributed by atoms with Gasteiger partial charge in [0.15, 0.2) is 6.29 Å². The lowest BCUT2D eigenvalue weighted by Gasteiger charge is -2.09. The van der Waals surface area contributed by atoms with Gasteiger partial charge in [-0.25, -0.2) is 4.98 Å². The molecular formula is C10H16N2O7. The van der Waals surface area contributed by atoms with Gasteiger partial charge in [0, 0.05) is 12.4 Å². The molecule has 2 heterocycles. The first kappa shape index (κ1) is 15.5. The average molecular weight is 276 g/mol. The number of imidazole rings is 1. The molecule has 1 unspecified atom stereocenters. The largest absolute Gasteiger partial charge is 0.481 e. The Hall–Kier alpha value is -1.52. The Balaban J connectivity index is 0.000000191. The number of aromatic amines is 1. The van der Waals surface area contributed by atoms with Gasteiger partial charge in [-0.15, -0.1) is 0 Å². The Kier molecular flexibility index (Phi) is 5.86. The number of nitrogens with one attached hydrogen (secondary N) is 1. The second kappa shape index (κ2) is 7.16. The van der Waals surface area contributed by atoms with Gasteiger partial charge < -0.3 is 35.3 Å². The molecular weight excluding hydrogens is 260 g/mol. The van der Waals surface area contributed by atoms with Crippen LogP contribution in [0.1, 0.15) is 5.82 Å². The highest BCUT2D eigenvalue weighted by Gasteiger charge is 2.41. The van der Waals surface area contributed by atoms with E-state index in [1.165, 1.54) is 6.20 Å². The molecule has 0 aromatic carbocycles. The zero-order valence-electron chi connectivity index (χ0n) is 9.88. The molecule has 19 heavy (non-hydrogen) atoms. The van der Waals surface area contributed by atoms with E-state index in [2.05, 4.69) is 14.7 Å². The summed E-state index contributed by atoms with van der Waals surface area (Å²) in [5, 5.41) is 43.2. The molecule has 108 valence electrons. The van der Waals surface area contributed by atoms with E-state index < -0.39 is 37.2 Å². The normalized spacial score (nSPS) is 29.7. The van der Waals surface area contributed by atoms with Crippen LogP contribution in [0.4, 0.5) is 0 Å². The van der Waals surface area contributed by atoms with E-state index in [9.17, 15) is 4.79 Å². The highest BCUT2D eigenvalue weighted by molar-refractivity contribution is 5.68. The number of carboxylic acids is 1. The smallest absolute Gasteiger partial charge is 0.311 e. The molecule has 1 aliphatic heterocycles. The third kappa shape index (κ3) is 4.58. The summed E-state index contributed by atoms with van der Waals surface area (Å²) in [5.41, 5.74) is 0. The predicted molar refractivity (Wildman–Crippen MR) is 59.9 cm³/mol. The summed E-state index contributed by atoms with van der Waals surface area (Å²) in [6.45, 7) is -0.407. The van der Waals surface area contributed by atoms with Gasteiger partial charge in [0.2, 0.25) is 0 Å². The summed E-state index contributed by atoms with van der Waals surface area (Å²) in [5.74, 6) is -0.382. The Morgan fingerprint density at radius 1 is 1.37 bits per heavy atom. The molecule has 0 amide bonds. The summed E-state index contributed by atoms with van der Waals surface area (Å²) >= 11 is 0. The topological polar surface area (TPSA) is 156 Å². The summed E-state index contributed by atoms with van der Waals surface area (Å²) < 4.78 is 4.54. The van der Waals surface area contributed by atoms with Crippen LogP contribution in [0.2, 0.25) is 0 Å². The maximum absolute atomic E-state index is 10.0. The number of ether oxygens (including phenoxy) is 1. The van der Waals surface area contributed by atoms with Crippen molar-refractivity contribution >= 4 is 5.97 Å². The number of carboxylic acid groups (broad SMARTS) is 1. The second-order valence-electron chi connectivity index (χ2n) is 3.84. The molecule has 1 saturated heterocycles. The molecule has 9 heteroatoms. The first-order valence-electron chi connectivity index (χ1n) is 5.46. The Labute approximate surface area is 108 Å². The molecule has 6 N–H and O–H groups in total. The number of rotatable bonds is 3. The van der Waals surface area contributed by atoms with Crippen LogP contribution in [-0.2, 0) is 16.0 Å². The highest BCUT2D eigenvalue weighted by atomic mass is 16.6. The number of aromatic nitrogens is 2.